The van der Waals surface area contributed by atoms with E-state index in [1.54, 1.807) is 29.5 Å². The molecule has 2 aromatic carbocycles. The van der Waals surface area contributed by atoms with E-state index < -0.39 is 0 Å². The lowest BCUT2D eigenvalue weighted by Gasteiger charge is -2.31. The van der Waals surface area contributed by atoms with E-state index in [0.29, 0.717) is 55.3 Å². The largest absolute Gasteiger partial charge is 0.496 e. The third kappa shape index (κ3) is 4.54. The summed E-state index contributed by atoms with van der Waals surface area (Å²) in [4.78, 5) is 32.6. The normalized spacial score (nSPS) is 14.1. The third-order valence-corrected chi connectivity index (χ3v) is 6.50. The van der Waals surface area contributed by atoms with Crippen molar-refractivity contribution in [2.75, 3.05) is 26.8 Å². The monoisotopic (exact) mass is 484 g/mol. The van der Waals surface area contributed by atoms with Crippen LogP contribution in [0.4, 0.5) is 0 Å². The van der Waals surface area contributed by atoms with Crippen LogP contribution >= 0.6 is 0 Å². The Kier molecular flexibility index (Phi) is 6.66. The number of carbonyl (C=O) groups excluding carboxylic acids is 2. The van der Waals surface area contributed by atoms with Crippen LogP contribution in [0.1, 0.15) is 30.3 Å². The number of amides is 1. The molecule has 2 aromatic heterocycles. The Bertz CT molecular complexity index is 1390. The second-order valence-electron chi connectivity index (χ2n) is 8.71. The standard InChI is InChI=1S/C28H28N4O4/c1-3-36-28(34)20-13-15-31(16-14-20)27(33)24-17-23(21-11-7-8-12-25(21)35-2)29-26-18-22(30-32(24)26)19-9-5-4-6-10-19/h4-12,17-18,20H,3,13-16H2,1-2H3. The fourth-order valence-corrected chi connectivity index (χ4v) is 4.61. The van der Waals surface area contributed by atoms with Crippen LogP contribution in [0.15, 0.2) is 66.7 Å². The van der Waals surface area contributed by atoms with Crippen LogP contribution in [0.2, 0.25) is 0 Å². The van der Waals surface area contributed by atoms with Crippen LogP contribution < -0.4 is 4.74 Å². The molecule has 0 bridgehead atoms. The van der Waals surface area contributed by atoms with Gasteiger partial charge >= 0.3 is 5.97 Å². The summed E-state index contributed by atoms with van der Waals surface area (Å²) in [5.41, 5.74) is 4.08. The van der Waals surface area contributed by atoms with Crippen LogP contribution in [0.5, 0.6) is 5.75 Å². The summed E-state index contributed by atoms with van der Waals surface area (Å²) in [6.45, 7) is 3.12. The number of ether oxygens (including phenoxy) is 2. The molecule has 36 heavy (non-hydrogen) atoms. The van der Waals surface area contributed by atoms with E-state index in [0.717, 1.165) is 16.8 Å². The molecule has 5 rings (SSSR count). The first-order chi connectivity index (χ1) is 17.6. The Labute approximate surface area is 209 Å². The molecule has 1 aliphatic heterocycles. The number of hydrogen-bond donors (Lipinski definition) is 0. The number of fused-ring (bicyclic) bond motifs is 1. The van der Waals surface area contributed by atoms with E-state index in [1.807, 2.05) is 60.7 Å². The molecular formula is C28H28N4O4. The molecule has 8 nitrogen and oxygen atoms in total. The SMILES string of the molecule is CCOC(=O)C1CCN(C(=O)c2cc(-c3ccccc3OC)nc3cc(-c4ccccc4)nn23)CC1. The first-order valence-electron chi connectivity index (χ1n) is 12.1. The molecule has 3 heterocycles. The molecule has 1 saturated heterocycles. The van der Waals surface area contributed by atoms with Crippen LogP contribution in [0.25, 0.3) is 28.2 Å². The van der Waals surface area contributed by atoms with Gasteiger partial charge in [-0.25, -0.2) is 9.50 Å². The molecule has 0 unspecified atom stereocenters. The Morgan fingerprint density at radius 3 is 2.42 bits per heavy atom. The molecule has 0 spiro atoms. The Balaban J connectivity index is 1.55. The second-order valence-corrected chi connectivity index (χ2v) is 8.71. The van der Waals surface area contributed by atoms with Crippen LogP contribution in [-0.2, 0) is 9.53 Å². The van der Waals surface area contributed by atoms with Gasteiger partial charge in [0.2, 0.25) is 0 Å². The maximum Gasteiger partial charge on any atom is 0.309 e. The highest BCUT2D eigenvalue weighted by molar-refractivity contribution is 5.95. The topological polar surface area (TPSA) is 86.0 Å². The first-order valence-corrected chi connectivity index (χ1v) is 12.1. The number of nitrogens with zero attached hydrogens (tertiary/aromatic N) is 4. The summed E-state index contributed by atoms with van der Waals surface area (Å²) >= 11 is 0. The van der Waals surface area contributed by atoms with Gasteiger partial charge in [-0.15, -0.1) is 0 Å². The minimum absolute atomic E-state index is 0.149. The van der Waals surface area contributed by atoms with Crippen LogP contribution in [0, 0.1) is 5.92 Å². The van der Waals surface area contributed by atoms with Gasteiger partial charge in [0, 0.05) is 30.3 Å². The number of benzene rings is 2. The zero-order valence-electron chi connectivity index (χ0n) is 20.4. The maximum atomic E-state index is 13.8. The molecule has 0 aliphatic carbocycles. The molecule has 1 amide bonds. The number of piperidine rings is 1. The molecule has 8 heteroatoms. The van der Waals surface area contributed by atoms with Crippen molar-refractivity contribution in [1.29, 1.82) is 0 Å². The lowest BCUT2D eigenvalue weighted by Crippen LogP contribution is -2.41. The van der Waals surface area contributed by atoms with Crippen molar-refractivity contribution < 1.29 is 19.1 Å². The molecule has 1 fully saturated rings. The highest BCUT2D eigenvalue weighted by atomic mass is 16.5. The predicted molar refractivity (Wildman–Crippen MR) is 136 cm³/mol. The van der Waals surface area contributed by atoms with Gasteiger partial charge in [-0.3, -0.25) is 9.59 Å². The number of para-hydroxylation sites is 1. The Morgan fingerprint density at radius 1 is 0.972 bits per heavy atom. The lowest BCUT2D eigenvalue weighted by molar-refractivity contribution is -0.149. The number of methoxy groups -OCH3 is 1. The maximum absolute atomic E-state index is 13.8. The summed E-state index contributed by atoms with van der Waals surface area (Å²) < 4.78 is 12.3. The molecule has 0 radical (unpaired) electrons. The second kappa shape index (κ2) is 10.2. The smallest absolute Gasteiger partial charge is 0.309 e. The first kappa shape index (κ1) is 23.5. The minimum Gasteiger partial charge on any atom is -0.496 e. The van der Waals surface area contributed by atoms with Crippen molar-refractivity contribution in [3.05, 3.63) is 72.4 Å². The van der Waals surface area contributed by atoms with Gasteiger partial charge in [0.15, 0.2) is 5.65 Å². The van der Waals surface area contributed by atoms with Crippen molar-refractivity contribution >= 4 is 17.5 Å². The summed E-state index contributed by atoms with van der Waals surface area (Å²) in [6.07, 6.45) is 1.15. The average Bonchev–Trinajstić information content (AvgIpc) is 3.37. The number of likely N-dealkylation sites (tertiary alicyclic amines) is 1. The predicted octanol–water partition coefficient (Wildman–Crippen LogP) is 4.49. The fraction of sp³-hybridized carbons (Fsp3) is 0.286. The molecule has 184 valence electrons. The van der Waals surface area contributed by atoms with Gasteiger partial charge < -0.3 is 14.4 Å². The molecular weight excluding hydrogens is 456 g/mol. The lowest BCUT2D eigenvalue weighted by atomic mass is 9.96. The van der Waals surface area contributed by atoms with Gasteiger partial charge in [0.1, 0.15) is 11.4 Å². The third-order valence-electron chi connectivity index (χ3n) is 6.50. The number of hydrogen-bond acceptors (Lipinski definition) is 6. The summed E-state index contributed by atoms with van der Waals surface area (Å²) in [7, 11) is 1.61. The quantitative estimate of drug-likeness (QED) is 0.375. The van der Waals surface area contributed by atoms with Gasteiger partial charge in [0.25, 0.3) is 5.91 Å². The van der Waals surface area contributed by atoms with E-state index in [-0.39, 0.29) is 17.8 Å². The van der Waals surface area contributed by atoms with E-state index in [4.69, 9.17) is 19.6 Å². The van der Waals surface area contributed by atoms with Crippen LogP contribution in [0.3, 0.4) is 0 Å². The highest BCUT2D eigenvalue weighted by Crippen LogP contribution is 2.31. The number of aromatic nitrogens is 3. The highest BCUT2D eigenvalue weighted by Gasteiger charge is 2.30. The summed E-state index contributed by atoms with van der Waals surface area (Å²) in [6, 6.07) is 21.1. The van der Waals surface area contributed by atoms with Crippen molar-refractivity contribution in [2.45, 2.75) is 19.8 Å². The van der Waals surface area contributed by atoms with Gasteiger partial charge in [-0.05, 0) is 38.0 Å². The van der Waals surface area contributed by atoms with Crippen LogP contribution in [-0.4, -0.2) is 58.2 Å². The molecule has 0 saturated carbocycles. The Morgan fingerprint density at radius 2 is 1.69 bits per heavy atom. The minimum atomic E-state index is -0.186. The Hall–Kier alpha value is -4.20. The molecule has 4 aromatic rings. The number of rotatable bonds is 6. The summed E-state index contributed by atoms with van der Waals surface area (Å²) in [5.74, 6) is 0.160. The zero-order valence-corrected chi connectivity index (χ0v) is 20.4. The zero-order chi connectivity index (χ0) is 25.1. The van der Waals surface area contributed by atoms with E-state index >= 15 is 0 Å². The van der Waals surface area contributed by atoms with E-state index in [9.17, 15) is 9.59 Å². The summed E-state index contributed by atoms with van der Waals surface area (Å²) in [5, 5.41) is 4.75. The van der Waals surface area contributed by atoms with Gasteiger partial charge in [-0.2, -0.15) is 5.10 Å². The van der Waals surface area contributed by atoms with Crippen molar-refractivity contribution in [1.82, 2.24) is 19.5 Å². The fourth-order valence-electron chi connectivity index (χ4n) is 4.61. The van der Waals surface area contributed by atoms with Crippen molar-refractivity contribution in [3.8, 4) is 28.3 Å². The number of carbonyl (C=O) groups is 2. The van der Waals surface area contributed by atoms with Crippen molar-refractivity contribution in [2.24, 2.45) is 5.92 Å². The number of esters is 1. The van der Waals surface area contributed by atoms with E-state index in [1.165, 1.54) is 0 Å². The van der Waals surface area contributed by atoms with E-state index in [2.05, 4.69) is 0 Å². The molecule has 0 N–H and O–H groups in total. The van der Waals surface area contributed by atoms with Gasteiger partial charge in [-0.1, -0.05) is 42.5 Å². The molecule has 0 atom stereocenters. The average molecular weight is 485 g/mol. The van der Waals surface area contributed by atoms with Crippen molar-refractivity contribution in [3.63, 3.8) is 0 Å². The van der Waals surface area contributed by atoms with Gasteiger partial charge in [0.05, 0.1) is 31.0 Å². The molecule has 1 aliphatic rings.